The van der Waals surface area contributed by atoms with Crippen molar-refractivity contribution in [3.8, 4) is 17.2 Å². The van der Waals surface area contributed by atoms with E-state index in [0.717, 1.165) is 0 Å². The lowest BCUT2D eigenvalue weighted by atomic mass is 10.0. The Labute approximate surface area is 146 Å². The van der Waals surface area contributed by atoms with Gasteiger partial charge in [-0.2, -0.15) is 0 Å². The van der Waals surface area contributed by atoms with Gasteiger partial charge in [-0.15, -0.1) is 24.8 Å². The molecule has 9 heteroatoms. The Morgan fingerprint density at radius 2 is 1.57 bits per heavy atom. The highest BCUT2D eigenvalue weighted by Gasteiger charge is 2.35. The Morgan fingerprint density at radius 3 is 1.96 bits per heavy atom. The van der Waals surface area contributed by atoms with Crippen molar-refractivity contribution in [2.75, 3.05) is 40.4 Å². The molecule has 0 saturated carbocycles. The summed E-state index contributed by atoms with van der Waals surface area (Å²) in [5.74, 6) is 0.326. The van der Waals surface area contributed by atoms with Crippen molar-refractivity contribution >= 4 is 24.8 Å². The van der Waals surface area contributed by atoms with E-state index >= 15 is 0 Å². The van der Waals surface area contributed by atoms with E-state index in [1.54, 1.807) is 4.90 Å². The van der Waals surface area contributed by atoms with Gasteiger partial charge >= 0.3 is 0 Å². The van der Waals surface area contributed by atoms with Crippen LogP contribution < -0.4 is 14.8 Å². The molecule has 134 valence electrons. The number of methoxy groups -OCH3 is 2. The quantitative estimate of drug-likeness (QED) is 0.828. The summed E-state index contributed by atoms with van der Waals surface area (Å²) in [7, 11) is 2.77. The Kier molecular flexibility index (Phi) is 9.53. The number of alkyl halides is 2. The first-order valence-electron chi connectivity index (χ1n) is 6.76. The van der Waals surface area contributed by atoms with Crippen LogP contribution in [-0.4, -0.2) is 56.8 Å². The predicted molar refractivity (Wildman–Crippen MR) is 88.9 cm³/mol. The minimum atomic E-state index is -2.59. The number of hydrogen-bond donors (Lipinski definition) is 2. The highest BCUT2D eigenvalue weighted by Crippen LogP contribution is 2.42. The lowest BCUT2D eigenvalue weighted by molar-refractivity contribution is 0.0158. The van der Waals surface area contributed by atoms with E-state index in [9.17, 15) is 13.9 Å². The standard InChI is InChI=1S/C14H20F2N2O3.2ClH/c1-20-10-7-9(19)8-11(21-2)12(10)13(14(15)16)18-5-3-17-4-6-18;;/h7-8,13-14,17,19H,3-6H2,1-2H3;2*1H/t13-;;/m0../s1. The molecule has 0 amide bonds. The smallest absolute Gasteiger partial charge is 0.258 e. The van der Waals surface area contributed by atoms with E-state index in [1.807, 2.05) is 0 Å². The molecule has 1 saturated heterocycles. The minimum Gasteiger partial charge on any atom is -0.508 e. The van der Waals surface area contributed by atoms with Gasteiger partial charge in [0.05, 0.1) is 19.8 Å². The Balaban J connectivity index is 0.00000242. The van der Waals surface area contributed by atoms with Crippen LogP contribution in [0, 0.1) is 0 Å². The molecule has 0 bridgehead atoms. The lowest BCUT2D eigenvalue weighted by Gasteiger charge is -2.35. The molecule has 0 radical (unpaired) electrons. The number of piperazine rings is 1. The van der Waals surface area contributed by atoms with Gasteiger partial charge in [0.15, 0.2) is 0 Å². The van der Waals surface area contributed by atoms with Crippen LogP contribution in [0.15, 0.2) is 12.1 Å². The van der Waals surface area contributed by atoms with Crippen molar-refractivity contribution in [1.29, 1.82) is 0 Å². The van der Waals surface area contributed by atoms with E-state index < -0.39 is 12.5 Å². The number of phenolic OH excluding ortho intramolecular Hbond substituents is 1. The molecule has 1 heterocycles. The number of hydrogen-bond acceptors (Lipinski definition) is 5. The van der Waals surface area contributed by atoms with Crippen LogP contribution in [0.4, 0.5) is 8.78 Å². The third-order valence-corrected chi connectivity index (χ3v) is 3.61. The Morgan fingerprint density at radius 1 is 1.09 bits per heavy atom. The van der Waals surface area contributed by atoms with Gasteiger partial charge in [-0.1, -0.05) is 0 Å². The van der Waals surface area contributed by atoms with Crippen LogP contribution in [0.5, 0.6) is 17.2 Å². The highest BCUT2D eigenvalue weighted by molar-refractivity contribution is 5.85. The maximum Gasteiger partial charge on any atom is 0.258 e. The van der Waals surface area contributed by atoms with Crippen molar-refractivity contribution in [2.24, 2.45) is 0 Å². The molecule has 1 aromatic carbocycles. The zero-order valence-electron chi connectivity index (χ0n) is 12.9. The maximum absolute atomic E-state index is 13.7. The molecule has 23 heavy (non-hydrogen) atoms. The first kappa shape index (κ1) is 22.0. The van der Waals surface area contributed by atoms with Crippen molar-refractivity contribution in [3.63, 3.8) is 0 Å². The van der Waals surface area contributed by atoms with Crippen LogP contribution in [0.1, 0.15) is 11.6 Å². The molecule has 0 aliphatic carbocycles. The van der Waals surface area contributed by atoms with Gasteiger partial charge in [-0.3, -0.25) is 4.90 Å². The summed E-state index contributed by atoms with van der Waals surface area (Å²) < 4.78 is 37.7. The number of rotatable bonds is 5. The third kappa shape index (κ3) is 4.97. The number of phenols is 1. The van der Waals surface area contributed by atoms with Crippen LogP contribution in [0.2, 0.25) is 0 Å². The summed E-state index contributed by atoms with van der Waals surface area (Å²) in [4.78, 5) is 1.71. The van der Waals surface area contributed by atoms with E-state index in [-0.39, 0.29) is 47.6 Å². The molecular weight excluding hydrogens is 353 g/mol. The van der Waals surface area contributed by atoms with Crippen molar-refractivity contribution in [2.45, 2.75) is 12.5 Å². The summed E-state index contributed by atoms with van der Waals surface area (Å²) in [5, 5.41) is 12.8. The van der Waals surface area contributed by atoms with Gasteiger partial charge in [-0.25, -0.2) is 8.78 Å². The molecule has 1 aromatic rings. The third-order valence-electron chi connectivity index (χ3n) is 3.61. The van der Waals surface area contributed by atoms with Gasteiger partial charge < -0.3 is 19.9 Å². The van der Waals surface area contributed by atoms with E-state index in [4.69, 9.17) is 9.47 Å². The number of ether oxygens (including phenoxy) is 2. The molecule has 1 fully saturated rings. The van der Waals surface area contributed by atoms with Crippen molar-refractivity contribution in [1.82, 2.24) is 10.2 Å². The van der Waals surface area contributed by atoms with Crippen LogP contribution in [0.3, 0.4) is 0 Å². The molecule has 1 aliphatic rings. The molecule has 5 nitrogen and oxygen atoms in total. The normalized spacial score (nSPS) is 16.2. The van der Waals surface area contributed by atoms with Crippen LogP contribution >= 0.6 is 24.8 Å². The summed E-state index contributed by atoms with van der Waals surface area (Å²) in [5.41, 5.74) is 0.273. The van der Waals surface area contributed by atoms with E-state index in [1.165, 1.54) is 26.4 Å². The summed E-state index contributed by atoms with van der Waals surface area (Å²) in [6.07, 6.45) is -2.59. The molecule has 2 N–H and O–H groups in total. The summed E-state index contributed by atoms with van der Waals surface area (Å²) >= 11 is 0. The first-order valence-corrected chi connectivity index (χ1v) is 6.76. The molecule has 1 atom stereocenters. The van der Waals surface area contributed by atoms with Gasteiger partial charge in [0.25, 0.3) is 6.43 Å². The summed E-state index contributed by atoms with van der Waals surface area (Å²) in [6.45, 7) is 2.35. The lowest BCUT2D eigenvalue weighted by Crippen LogP contribution is -2.47. The fraction of sp³-hybridized carbons (Fsp3) is 0.571. The van der Waals surface area contributed by atoms with Crippen LogP contribution in [0.25, 0.3) is 0 Å². The van der Waals surface area contributed by atoms with Crippen molar-refractivity contribution < 1.29 is 23.4 Å². The Hall–Kier alpha value is -1.02. The molecule has 2 rings (SSSR count). The second kappa shape index (κ2) is 9.97. The average molecular weight is 375 g/mol. The monoisotopic (exact) mass is 374 g/mol. The molecule has 0 spiro atoms. The highest BCUT2D eigenvalue weighted by atomic mass is 35.5. The van der Waals surface area contributed by atoms with Crippen molar-refractivity contribution in [3.05, 3.63) is 17.7 Å². The topological polar surface area (TPSA) is 54.0 Å². The van der Waals surface area contributed by atoms with Gasteiger partial charge in [0.2, 0.25) is 0 Å². The number of halogens is 4. The van der Waals surface area contributed by atoms with Gasteiger partial charge in [0, 0.05) is 38.3 Å². The second-order valence-corrected chi connectivity index (χ2v) is 4.83. The SMILES string of the molecule is COc1cc(O)cc(OC)c1[C@@H](C(F)F)N1CCNCC1.Cl.Cl. The predicted octanol–water partition coefficient (Wildman–Crippen LogP) is 2.46. The second-order valence-electron chi connectivity index (χ2n) is 4.83. The largest absolute Gasteiger partial charge is 0.508 e. The maximum atomic E-state index is 13.7. The molecule has 0 aromatic heterocycles. The minimum absolute atomic E-state index is 0. The first-order chi connectivity index (χ1) is 10.1. The fourth-order valence-corrected chi connectivity index (χ4v) is 2.64. The molecule has 0 unspecified atom stereocenters. The zero-order valence-corrected chi connectivity index (χ0v) is 14.6. The zero-order chi connectivity index (χ0) is 15.4. The number of aromatic hydroxyl groups is 1. The Bertz CT molecular complexity index is 464. The number of benzene rings is 1. The van der Waals surface area contributed by atoms with Gasteiger partial charge in [0.1, 0.15) is 23.3 Å². The number of nitrogens with one attached hydrogen (secondary N) is 1. The van der Waals surface area contributed by atoms with E-state index in [2.05, 4.69) is 5.32 Å². The van der Waals surface area contributed by atoms with Gasteiger partial charge in [-0.05, 0) is 0 Å². The molecular formula is C14H22Cl2F2N2O3. The average Bonchev–Trinajstić information content (AvgIpc) is 2.49. The molecule has 1 aliphatic heterocycles. The van der Waals surface area contributed by atoms with Crippen LogP contribution in [-0.2, 0) is 0 Å². The summed E-state index contributed by atoms with van der Waals surface area (Å²) in [6, 6.07) is 1.53. The number of nitrogens with zero attached hydrogens (tertiary/aromatic N) is 1. The van der Waals surface area contributed by atoms with E-state index in [0.29, 0.717) is 26.2 Å². The fourth-order valence-electron chi connectivity index (χ4n) is 2.64.